The summed E-state index contributed by atoms with van der Waals surface area (Å²) >= 11 is 0. The van der Waals surface area contributed by atoms with Crippen molar-refractivity contribution < 1.29 is 19.1 Å². The molecule has 1 heterocycles. The molecule has 0 N–H and O–H groups in total. The van der Waals surface area contributed by atoms with Crippen LogP contribution in [0.3, 0.4) is 0 Å². The monoisotopic (exact) mass is 224 g/mol. The first-order valence-corrected chi connectivity index (χ1v) is 5.58. The maximum atomic E-state index is 11.6. The molecule has 0 amide bonds. The van der Waals surface area contributed by atoms with Crippen molar-refractivity contribution in [3.63, 3.8) is 0 Å². The Morgan fingerprint density at radius 3 is 2.69 bits per heavy atom. The van der Waals surface area contributed by atoms with Crippen LogP contribution in [0.5, 0.6) is 0 Å². The third kappa shape index (κ3) is 1.72. The normalized spacial score (nSPS) is 26.8. The second-order valence-electron chi connectivity index (χ2n) is 4.74. The van der Waals surface area contributed by atoms with Crippen molar-refractivity contribution in [1.29, 1.82) is 0 Å². The fourth-order valence-electron chi connectivity index (χ4n) is 2.48. The van der Waals surface area contributed by atoms with Crippen molar-refractivity contribution in [2.45, 2.75) is 38.7 Å². The zero-order valence-electron chi connectivity index (χ0n) is 9.45. The molecule has 1 aliphatic heterocycles. The van der Waals surface area contributed by atoms with Gasteiger partial charge >= 0.3 is 11.9 Å². The van der Waals surface area contributed by atoms with E-state index >= 15 is 0 Å². The Hall–Kier alpha value is -1.32. The highest BCUT2D eigenvalue weighted by Crippen LogP contribution is 2.46. The average Bonchev–Trinajstić information content (AvgIpc) is 2.81. The molecule has 2 rings (SSSR count). The number of hydrogen-bond acceptors (Lipinski definition) is 4. The van der Waals surface area contributed by atoms with Crippen LogP contribution in [-0.2, 0) is 19.1 Å². The van der Waals surface area contributed by atoms with E-state index < -0.39 is 18.0 Å². The molecule has 2 aliphatic rings. The molecule has 1 unspecified atom stereocenters. The first-order chi connectivity index (χ1) is 7.55. The van der Waals surface area contributed by atoms with Crippen LogP contribution in [0.4, 0.5) is 0 Å². The molecular formula is C12H16O4. The zero-order chi connectivity index (χ0) is 11.8. The van der Waals surface area contributed by atoms with E-state index in [4.69, 9.17) is 9.47 Å². The molecule has 0 aromatic heterocycles. The lowest BCUT2D eigenvalue weighted by Crippen LogP contribution is -2.37. The maximum Gasteiger partial charge on any atom is 0.348 e. The number of carbonyl (C=O) groups excluding carboxylic acids is 2. The van der Waals surface area contributed by atoms with E-state index in [0.29, 0.717) is 12.2 Å². The van der Waals surface area contributed by atoms with Crippen molar-refractivity contribution in [3.8, 4) is 0 Å². The van der Waals surface area contributed by atoms with Crippen LogP contribution >= 0.6 is 0 Å². The molecule has 1 saturated carbocycles. The standard InChI is InChI=1S/C12H16O4/c1-8(2)10(13)16-9-11(14)15-7-12(9)5-3-4-6-12/h9H,1,3-7H2,2H3. The summed E-state index contributed by atoms with van der Waals surface area (Å²) in [4.78, 5) is 23.0. The van der Waals surface area contributed by atoms with Crippen LogP contribution in [0, 0.1) is 5.41 Å². The van der Waals surface area contributed by atoms with Gasteiger partial charge in [-0.1, -0.05) is 19.4 Å². The van der Waals surface area contributed by atoms with Crippen molar-refractivity contribution in [3.05, 3.63) is 12.2 Å². The number of hydrogen-bond donors (Lipinski definition) is 0. The maximum absolute atomic E-state index is 11.6. The third-order valence-electron chi connectivity index (χ3n) is 3.44. The van der Waals surface area contributed by atoms with Crippen LogP contribution < -0.4 is 0 Å². The molecule has 0 aromatic rings. The van der Waals surface area contributed by atoms with E-state index in [1.54, 1.807) is 6.92 Å². The van der Waals surface area contributed by atoms with Crippen LogP contribution in [0.25, 0.3) is 0 Å². The Labute approximate surface area is 94.6 Å². The predicted octanol–water partition coefficient (Wildman–Crippen LogP) is 1.59. The largest absolute Gasteiger partial charge is 0.462 e. The van der Waals surface area contributed by atoms with Crippen LogP contribution in [0.2, 0.25) is 0 Å². The van der Waals surface area contributed by atoms with E-state index in [0.717, 1.165) is 25.7 Å². The van der Waals surface area contributed by atoms with Gasteiger partial charge in [-0.2, -0.15) is 0 Å². The smallest absolute Gasteiger partial charge is 0.348 e. The van der Waals surface area contributed by atoms with Gasteiger partial charge in [-0.05, 0) is 19.8 Å². The lowest BCUT2D eigenvalue weighted by molar-refractivity contribution is -0.160. The van der Waals surface area contributed by atoms with Gasteiger partial charge in [0.1, 0.15) is 6.61 Å². The van der Waals surface area contributed by atoms with E-state index in [1.807, 2.05) is 0 Å². The van der Waals surface area contributed by atoms with E-state index in [9.17, 15) is 9.59 Å². The van der Waals surface area contributed by atoms with Gasteiger partial charge in [0.25, 0.3) is 0 Å². The van der Waals surface area contributed by atoms with Crippen LogP contribution in [0.1, 0.15) is 32.6 Å². The fourth-order valence-corrected chi connectivity index (χ4v) is 2.48. The minimum atomic E-state index is -0.723. The van der Waals surface area contributed by atoms with Gasteiger partial charge in [-0.3, -0.25) is 0 Å². The molecule has 4 heteroatoms. The summed E-state index contributed by atoms with van der Waals surface area (Å²) in [5, 5.41) is 0. The fraction of sp³-hybridized carbons (Fsp3) is 0.667. The highest BCUT2D eigenvalue weighted by molar-refractivity contribution is 5.90. The first-order valence-electron chi connectivity index (χ1n) is 5.58. The molecule has 1 aliphatic carbocycles. The van der Waals surface area contributed by atoms with Crippen molar-refractivity contribution >= 4 is 11.9 Å². The molecule has 0 bridgehead atoms. The average molecular weight is 224 g/mol. The molecule has 0 radical (unpaired) electrons. The molecule has 1 saturated heterocycles. The summed E-state index contributed by atoms with van der Waals surface area (Å²) in [5.41, 5.74) is 0.0511. The van der Waals surface area contributed by atoms with Crippen molar-refractivity contribution in [2.24, 2.45) is 5.41 Å². The Kier molecular flexibility index (Phi) is 2.74. The Morgan fingerprint density at radius 1 is 1.50 bits per heavy atom. The molecule has 88 valence electrons. The second kappa shape index (κ2) is 3.92. The van der Waals surface area contributed by atoms with Gasteiger partial charge in [0.05, 0.1) is 5.41 Å². The van der Waals surface area contributed by atoms with Gasteiger partial charge in [0.2, 0.25) is 6.10 Å². The topological polar surface area (TPSA) is 52.6 Å². The molecule has 2 fully saturated rings. The minimum Gasteiger partial charge on any atom is -0.462 e. The summed E-state index contributed by atoms with van der Waals surface area (Å²) in [7, 11) is 0. The Balaban J connectivity index is 2.13. The van der Waals surface area contributed by atoms with E-state index in [-0.39, 0.29) is 5.41 Å². The van der Waals surface area contributed by atoms with Gasteiger partial charge in [-0.25, -0.2) is 9.59 Å². The van der Waals surface area contributed by atoms with Crippen LogP contribution in [0.15, 0.2) is 12.2 Å². The van der Waals surface area contributed by atoms with Crippen molar-refractivity contribution in [1.82, 2.24) is 0 Å². The summed E-state index contributed by atoms with van der Waals surface area (Å²) in [6.07, 6.45) is 3.20. The summed E-state index contributed by atoms with van der Waals surface area (Å²) in [6, 6.07) is 0. The Bertz CT molecular complexity index is 339. The van der Waals surface area contributed by atoms with Crippen LogP contribution in [-0.4, -0.2) is 24.6 Å². The number of ether oxygens (including phenoxy) is 2. The number of esters is 2. The summed E-state index contributed by atoms with van der Waals surface area (Å²) < 4.78 is 10.2. The van der Waals surface area contributed by atoms with Gasteiger partial charge in [0, 0.05) is 5.57 Å². The predicted molar refractivity (Wildman–Crippen MR) is 56.6 cm³/mol. The number of rotatable bonds is 2. The van der Waals surface area contributed by atoms with Gasteiger partial charge in [-0.15, -0.1) is 0 Å². The highest BCUT2D eigenvalue weighted by Gasteiger charge is 2.54. The molecule has 16 heavy (non-hydrogen) atoms. The van der Waals surface area contributed by atoms with E-state index in [2.05, 4.69) is 6.58 Å². The third-order valence-corrected chi connectivity index (χ3v) is 3.44. The molecular weight excluding hydrogens is 208 g/mol. The zero-order valence-corrected chi connectivity index (χ0v) is 9.45. The van der Waals surface area contributed by atoms with Gasteiger partial charge in [0.15, 0.2) is 0 Å². The summed E-state index contributed by atoms with van der Waals surface area (Å²) in [5.74, 6) is -0.911. The first kappa shape index (κ1) is 11.2. The molecule has 1 spiro atoms. The summed E-state index contributed by atoms with van der Waals surface area (Å²) in [6.45, 7) is 5.47. The lowest BCUT2D eigenvalue weighted by atomic mass is 9.83. The van der Waals surface area contributed by atoms with E-state index in [1.165, 1.54) is 0 Å². The quantitative estimate of drug-likeness (QED) is 0.528. The van der Waals surface area contributed by atoms with Crippen molar-refractivity contribution in [2.75, 3.05) is 6.61 Å². The number of carbonyl (C=O) groups is 2. The molecule has 0 aromatic carbocycles. The Morgan fingerprint density at radius 2 is 2.12 bits per heavy atom. The lowest BCUT2D eigenvalue weighted by Gasteiger charge is -2.25. The SMILES string of the molecule is C=C(C)C(=O)OC1C(=O)OCC12CCCC2. The number of cyclic esters (lactones) is 1. The minimum absolute atomic E-state index is 0.262. The van der Waals surface area contributed by atoms with Gasteiger partial charge < -0.3 is 9.47 Å². The molecule has 4 nitrogen and oxygen atoms in total. The highest BCUT2D eigenvalue weighted by atomic mass is 16.6. The second-order valence-corrected chi connectivity index (χ2v) is 4.74. The molecule has 1 atom stereocenters.